The van der Waals surface area contributed by atoms with E-state index in [1.807, 2.05) is 0 Å². The molecule has 0 aliphatic heterocycles. The van der Waals surface area contributed by atoms with Crippen molar-refractivity contribution < 1.29 is 15.3 Å². The van der Waals surface area contributed by atoms with Crippen LogP contribution in [-0.2, 0) is 0 Å². The van der Waals surface area contributed by atoms with Gasteiger partial charge in [-0.1, -0.05) is 0 Å². The van der Waals surface area contributed by atoms with E-state index in [0.717, 1.165) is 5.69 Å². The third-order valence-electron chi connectivity index (χ3n) is 2.93. The Kier molecular flexibility index (Phi) is 2.80. The lowest BCUT2D eigenvalue weighted by Gasteiger charge is -2.02. The van der Waals surface area contributed by atoms with Crippen molar-refractivity contribution in [3.05, 3.63) is 55.0 Å². The van der Waals surface area contributed by atoms with Gasteiger partial charge in [-0.25, -0.2) is 4.98 Å². The van der Waals surface area contributed by atoms with Gasteiger partial charge in [-0.2, -0.15) is 0 Å². The summed E-state index contributed by atoms with van der Waals surface area (Å²) >= 11 is 0. The maximum atomic E-state index is 9.49. The molecule has 5 nitrogen and oxygen atoms in total. The lowest BCUT2D eigenvalue weighted by Crippen LogP contribution is -1.88. The Morgan fingerprint density at radius 1 is 0.800 bits per heavy atom. The number of hydrogen-bond donors (Lipinski definition) is 3. The zero-order chi connectivity index (χ0) is 14.1. The molecular weight excluding hydrogens is 256 g/mol. The minimum atomic E-state index is -0.0146. The Bertz CT molecular complexity index is 728. The summed E-state index contributed by atoms with van der Waals surface area (Å²) < 4.78 is 1.79. The lowest BCUT2D eigenvalue weighted by molar-refractivity contribution is 0.451. The average molecular weight is 268 g/mol. The molecule has 3 N–H and O–H groups in total. The number of benzene rings is 2. The predicted octanol–water partition coefficient (Wildman–Crippen LogP) is 2.66. The predicted molar refractivity (Wildman–Crippen MR) is 74.0 cm³/mol. The van der Waals surface area contributed by atoms with Gasteiger partial charge in [0.15, 0.2) is 0 Å². The van der Waals surface area contributed by atoms with Crippen molar-refractivity contribution in [2.45, 2.75) is 0 Å². The maximum absolute atomic E-state index is 9.49. The van der Waals surface area contributed by atoms with E-state index >= 15 is 0 Å². The second kappa shape index (κ2) is 4.62. The van der Waals surface area contributed by atoms with Crippen LogP contribution in [0.3, 0.4) is 0 Å². The molecule has 0 amide bonds. The molecule has 0 radical (unpaired) electrons. The van der Waals surface area contributed by atoms with E-state index in [0.29, 0.717) is 11.3 Å². The summed E-state index contributed by atoms with van der Waals surface area (Å²) in [6.45, 7) is 0. The fourth-order valence-electron chi connectivity index (χ4n) is 1.98. The fraction of sp³-hybridized carbons (Fsp3) is 0. The summed E-state index contributed by atoms with van der Waals surface area (Å²) in [6, 6.07) is 11.0. The van der Waals surface area contributed by atoms with E-state index in [4.69, 9.17) is 0 Å². The molecule has 0 fully saturated rings. The Morgan fingerprint density at radius 2 is 1.45 bits per heavy atom. The van der Waals surface area contributed by atoms with Gasteiger partial charge in [-0.05, 0) is 36.4 Å². The molecule has 0 atom stereocenters. The van der Waals surface area contributed by atoms with Crippen LogP contribution < -0.4 is 0 Å². The Hall–Kier alpha value is -2.95. The van der Waals surface area contributed by atoms with Gasteiger partial charge in [-0.3, -0.25) is 0 Å². The first kappa shape index (κ1) is 12.1. The molecule has 0 spiro atoms. The van der Waals surface area contributed by atoms with E-state index < -0.39 is 0 Å². The fourth-order valence-corrected chi connectivity index (χ4v) is 1.98. The molecule has 0 aliphatic carbocycles. The van der Waals surface area contributed by atoms with Crippen LogP contribution in [-0.4, -0.2) is 24.9 Å². The van der Waals surface area contributed by atoms with Crippen molar-refractivity contribution in [3.63, 3.8) is 0 Å². The Labute approximate surface area is 115 Å². The van der Waals surface area contributed by atoms with Crippen LogP contribution in [0.15, 0.2) is 55.0 Å². The van der Waals surface area contributed by atoms with Crippen LogP contribution in [0, 0.1) is 0 Å². The monoisotopic (exact) mass is 268 g/mol. The van der Waals surface area contributed by atoms with Crippen molar-refractivity contribution in [2.75, 3.05) is 0 Å². The molecule has 3 aromatic rings. The number of phenolic OH excluding ortho intramolecular Hbond substituents is 3. The smallest absolute Gasteiger partial charge is 0.119 e. The number of aromatic nitrogens is 2. The Morgan fingerprint density at radius 3 is 2.10 bits per heavy atom. The number of phenols is 3. The van der Waals surface area contributed by atoms with Crippen LogP contribution in [0.5, 0.6) is 17.2 Å². The van der Waals surface area contributed by atoms with Gasteiger partial charge < -0.3 is 19.9 Å². The first-order valence-corrected chi connectivity index (χ1v) is 5.98. The first-order chi connectivity index (χ1) is 9.61. The average Bonchev–Trinajstić information content (AvgIpc) is 2.88. The normalized spacial score (nSPS) is 10.6. The number of nitrogens with zero attached hydrogens (tertiary/aromatic N) is 2. The highest BCUT2D eigenvalue weighted by molar-refractivity contribution is 5.63. The molecule has 0 bridgehead atoms. The molecule has 20 heavy (non-hydrogen) atoms. The second-order valence-corrected chi connectivity index (χ2v) is 4.42. The van der Waals surface area contributed by atoms with Crippen LogP contribution >= 0.6 is 0 Å². The molecule has 3 rings (SSSR count). The van der Waals surface area contributed by atoms with Crippen molar-refractivity contribution in [2.24, 2.45) is 0 Å². The number of hydrogen-bond acceptors (Lipinski definition) is 4. The summed E-state index contributed by atoms with van der Waals surface area (Å²) in [5.74, 6) is 0.172. The SMILES string of the molecule is Oc1ccc(-n2cnc(-c3cc(O)cc(O)c3)c2)cc1. The molecule has 100 valence electrons. The minimum absolute atomic E-state index is 0.0146. The van der Waals surface area contributed by atoms with Crippen molar-refractivity contribution >= 4 is 0 Å². The van der Waals surface area contributed by atoms with Gasteiger partial charge >= 0.3 is 0 Å². The molecule has 1 aromatic heterocycles. The van der Waals surface area contributed by atoms with Gasteiger partial charge in [0, 0.05) is 23.5 Å². The van der Waals surface area contributed by atoms with Gasteiger partial charge in [0.1, 0.15) is 17.2 Å². The zero-order valence-corrected chi connectivity index (χ0v) is 10.4. The Balaban J connectivity index is 1.99. The van der Waals surface area contributed by atoms with Gasteiger partial charge in [0.2, 0.25) is 0 Å². The third kappa shape index (κ3) is 2.29. The standard InChI is InChI=1S/C15H12N2O3/c18-12-3-1-11(2-4-12)17-8-15(16-9-17)10-5-13(19)7-14(20)6-10/h1-9,18-20H. The molecule has 0 unspecified atom stereocenters. The van der Waals surface area contributed by atoms with Crippen LogP contribution in [0.1, 0.15) is 0 Å². The van der Waals surface area contributed by atoms with Crippen LogP contribution in [0.25, 0.3) is 16.9 Å². The highest BCUT2D eigenvalue weighted by atomic mass is 16.3. The quantitative estimate of drug-likeness (QED) is 0.667. The number of imidazole rings is 1. The van der Waals surface area contributed by atoms with Crippen molar-refractivity contribution in [1.82, 2.24) is 9.55 Å². The molecular formula is C15H12N2O3. The summed E-state index contributed by atoms with van der Waals surface area (Å²) in [5.41, 5.74) is 2.11. The highest BCUT2D eigenvalue weighted by Crippen LogP contribution is 2.28. The van der Waals surface area contributed by atoms with E-state index in [-0.39, 0.29) is 17.2 Å². The molecule has 0 saturated carbocycles. The summed E-state index contributed by atoms with van der Waals surface area (Å²) in [7, 11) is 0. The van der Waals surface area contributed by atoms with Crippen molar-refractivity contribution in [1.29, 1.82) is 0 Å². The maximum Gasteiger partial charge on any atom is 0.119 e. The lowest BCUT2D eigenvalue weighted by atomic mass is 10.1. The van der Waals surface area contributed by atoms with Crippen molar-refractivity contribution in [3.8, 4) is 34.2 Å². The van der Waals surface area contributed by atoms with Crippen LogP contribution in [0.2, 0.25) is 0 Å². The molecule has 1 heterocycles. The van der Waals surface area contributed by atoms with E-state index in [9.17, 15) is 15.3 Å². The topological polar surface area (TPSA) is 78.5 Å². The van der Waals surface area contributed by atoms with E-state index in [2.05, 4.69) is 4.98 Å². The summed E-state index contributed by atoms with van der Waals surface area (Å²) in [4.78, 5) is 4.25. The highest BCUT2D eigenvalue weighted by Gasteiger charge is 2.06. The zero-order valence-electron chi connectivity index (χ0n) is 10.4. The first-order valence-electron chi connectivity index (χ1n) is 5.98. The minimum Gasteiger partial charge on any atom is -0.508 e. The van der Waals surface area contributed by atoms with Gasteiger partial charge in [0.25, 0.3) is 0 Å². The van der Waals surface area contributed by atoms with E-state index in [1.165, 1.54) is 18.2 Å². The van der Waals surface area contributed by atoms with Gasteiger partial charge in [0.05, 0.1) is 12.0 Å². The third-order valence-corrected chi connectivity index (χ3v) is 2.93. The molecule has 5 heteroatoms. The van der Waals surface area contributed by atoms with E-state index in [1.54, 1.807) is 41.4 Å². The molecule has 2 aromatic carbocycles. The number of rotatable bonds is 2. The molecule has 0 saturated heterocycles. The van der Waals surface area contributed by atoms with Crippen LogP contribution in [0.4, 0.5) is 0 Å². The summed E-state index contributed by atoms with van der Waals surface area (Å²) in [6.07, 6.45) is 3.41. The number of aromatic hydroxyl groups is 3. The molecule has 0 aliphatic rings. The second-order valence-electron chi connectivity index (χ2n) is 4.42. The van der Waals surface area contributed by atoms with Gasteiger partial charge in [-0.15, -0.1) is 0 Å². The largest absolute Gasteiger partial charge is 0.508 e. The summed E-state index contributed by atoms with van der Waals surface area (Å²) in [5, 5.41) is 28.2.